The lowest BCUT2D eigenvalue weighted by Crippen LogP contribution is -2.47. The molecule has 0 aliphatic carbocycles. The summed E-state index contributed by atoms with van der Waals surface area (Å²) in [5, 5.41) is 5.42. The van der Waals surface area contributed by atoms with Crippen molar-refractivity contribution >= 4 is 33.2 Å². The molecule has 2 atom stereocenters. The average Bonchev–Trinajstić information content (AvgIpc) is 2.70. The Morgan fingerprint density at radius 1 is 1.71 bits per heavy atom. The van der Waals surface area contributed by atoms with Gasteiger partial charge in [-0.1, -0.05) is 0 Å². The first-order valence-corrected chi connectivity index (χ1v) is 7.35. The second-order valence-corrected chi connectivity index (χ2v) is 6.17. The van der Waals surface area contributed by atoms with Crippen LogP contribution < -0.4 is 5.32 Å². The van der Waals surface area contributed by atoms with E-state index in [0.717, 1.165) is 24.0 Å². The van der Waals surface area contributed by atoms with Crippen molar-refractivity contribution in [3.8, 4) is 0 Å². The minimum Gasteiger partial charge on any atom is -0.347 e. The van der Waals surface area contributed by atoms with Gasteiger partial charge in [-0.3, -0.25) is 4.79 Å². The summed E-state index contributed by atoms with van der Waals surface area (Å²) >= 11 is 4.62. The Balaban J connectivity index is 1.91. The fourth-order valence-electron chi connectivity index (χ4n) is 2.03. The first-order chi connectivity index (χ1) is 8.06. The summed E-state index contributed by atoms with van der Waals surface area (Å²) < 4.78 is 0.726. The molecule has 0 saturated carbocycles. The van der Waals surface area contributed by atoms with Crippen LogP contribution in [0.3, 0.4) is 0 Å². The first-order valence-electron chi connectivity index (χ1n) is 5.68. The van der Waals surface area contributed by atoms with Gasteiger partial charge in [0.05, 0.1) is 0 Å². The number of halogens is 1. The third kappa shape index (κ3) is 3.26. The summed E-state index contributed by atoms with van der Waals surface area (Å²) in [7, 11) is 2.13. The van der Waals surface area contributed by atoms with Gasteiger partial charge in [0.25, 0.3) is 5.91 Å². The smallest absolute Gasteiger partial charge is 0.280 e. The molecule has 1 aliphatic heterocycles. The van der Waals surface area contributed by atoms with Crippen LogP contribution in [0, 0.1) is 0 Å². The highest BCUT2D eigenvalue weighted by Gasteiger charge is 2.24. The molecule has 4 nitrogen and oxygen atoms in total. The van der Waals surface area contributed by atoms with Crippen molar-refractivity contribution in [3.63, 3.8) is 0 Å². The van der Waals surface area contributed by atoms with Crippen LogP contribution in [0.5, 0.6) is 0 Å². The lowest BCUT2D eigenvalue weighted by Gasteiger charge is -2.35. The normalized spacial score (nSPS) is 25.8. The molecule has 0 aromatic carbocycles. The van der Waals surface area contributed by atoms with Crippen LogP contribution in [0.25, 0.3) is 0 Å². The zero-order chi connectivity index (χ0) is 12.4. The molecule has 1 fully saturated rings. The monoisotopic (exact) mass is 317 g/mol. The number of thiazole rings is 1. The lowest BCUT2D eigenvalue weighted by molar-refractivity contribution is 0.0896. The largest absolute Gasteiger partial charge is 0.347 e. The lowest BCUT2D eigenvalue weighted by atomic mass is 9.99. The van der Waals surface area contributed by atoms with Crippen LogP contribution in [-0.2, 0) is 0 Å². The van der Waals surface area contributed by atoms with Gasteiger partial charge in [-0.2, -0.15) is 0 Å². The van der Waals surface area contributed by atoms with Gasteiger partial charge in [-0.05, 0) is 42.7 Å². The Kier molecular flexibility index (Phi) is 4.17. The first kappa shape index (κ1) is 13.0. The van der Waals surface area contributed by atoms with Gasteiger partial charge >= 0.3 is 0 Å². The number of carbonyl (C=O) groups excluding carboxylic acids is 1. The number of piperidine rings is 1. The molecule has 1 amide bonds. The van der Waals surface area contributed by atoms with E-state index in [2.05, 4.69) is 45.1 Å². The Bertz CT molecular complexity index is 409. The highest BCUT2D eigenvalue weighted by atomic mass is 79.9. The summed E-state index contributed by atoms with van der Waals surface area (Å²) in [5.41, 5.74) is 0. The van der Waals surface area contributed by atoms with Crippen LogP contribution in [-0.4, -0.2) is 41.5 Å². The minimum absolute atomic E-state index is 0.0533. The standard InChI is InChI=1S/C11H16BrN3OS/c1-7-5-8(3-4-15(7)2)13-10(16)11-14-9(12)6-17-11/h6-8H,3-5H2,1-2H3,(H,13,16)/t7-,8+/m0/s1. The van der Waals surface area contributed by atoms with E-state index in [1.54, 1.807) is 0 Å². The molecule has 94 valence electrons. The molecule has 1 N–H and O–H groups in total. The van der Waals surface area contributed by atoms with E-state index in [-0.39, 0.29) is 11.9 Å². The molecular weight excluding hydrogens is 302 g/mol. The van der Waals surface area contributed by atoms with Gasteiger partial charge in [0.1, 0.15) is 4.60 Å². The molecule has 1 aliphatic rings. The van der Waals surface area contributed by atoms with Gasteiger partial charge in [0.15, 0.2) is 5.01 Å². The van der Waals surface area contributed by atoms with Crippen molar-refractivity contribution in [2.75, 3.05) is 13.6 Å². The van der Waals surface area contributed by atoms with E-state index >= 15 is 0 Å². The molecule has 0 unspecified atom stereocenters. The third-order valence-corrected chi connectivity index (χ3v) is 4.76. The highest BCUT2D eigenvalue weighted by Crippen LogP contribution is 2.18. The van der Waals surface area contributed by atoms with Crippen molar-refractivity contribution in [2.45, 2.75) is 31.8 Å². The summed E-state index contributed by atoms with van der Waals surface area (Å²) in [6, 6.07) is 0.799. The number of likely N-dealkylation sites (tertiary alicyclic amines) is 1. The Morgan fingerprint density at radius 2 is 2.47 bits per heavy atom. The van der Waals surface area contributed by atoms with Crippen molar-refractivity contribution in [2.24, 2.45) is 0 Å². The van der Waals surface area contributed by atoms with Crippen LogP contribution in [0.4, 0.5) is 0 Å². The molecule has 0 spiro atoms. The zero-order valence-corrected chi connectivity index (χ0v) is 12.3. The molecule has 17 heavy (non-hydrogen) atoms. The molecule has 0 radical (unpaired) electrons. The number of nitrogens with zero attached hydrogens (tertiary/aromatic N) is 2. The fraction of sp³-hybridized carbons (Fsp3) is 0.636. The van der Waals surface area contributed by atoms with Crippen molar-refractivity contribution in [1.82, 2.24) is 15.2 Å². The predicted molar refractivity (Wildman–Crippen MR) is 72.4 cm³/mol. The molecule has 1 saturated heterocycles. The fourth-order valence-corrected chi connectivity index (χ4v) is 3.18. The number of hydrogen-bond donors (Lipinski definition) is 1. The van der Waals surface area contributed by atoms with E-state index in [4.69, 9.17) is 0 Å². The van der Waals surface area contributed by atoms with Gasteiger partial charge < -0.3 is 10.2 Å². The van der Waals surface area contributed by atoms with Crippen LogP contribution in [0.1, 0.15) is 29.6 Å². The SMILES string of the molecule is C[C@H]1C[C@H](NC(=O)c2nc(Br)cs2)CCN1C. The van der Waals surface area contributed by atoms with Gasteiger partial charge in [-0.25, -0.2) is 4.98 Å². The summed E-state index contributed by atoms with van der Waals surface area (Å²) in [4.78, 5) is 18.4. The summed E-state index contributed by atoms with van der Waals surface area (Å²) in [5.74, 6) is -0.0533. The van der Waals surface area contributed by atoms with E-state index in [9.17, 15) is 4.79 Å². The molecule has 0 bridgehead atoms. The maximum absolute atomic E-state index is 11.9. The van der Waals surface area contributed by atoms with E-state index in [1.165, 1.54) is 11.3 Å². The maximum Gasteiger partial charge on any atom is 0.280 e. The minimum atomic E-state index is -0.0533. The van der Waals surface area contributed by atoms with Crippen molar-refractivity contribution in [1.29, 1.82) is 0 Å². The predicted octanol–water partition coefficient (Wildman–Crippen LogP) is 2.12. The molecule has 1 aromatic rings. The molecule has 2 rings (SSSR count). The third-order valence-electron chi connectivity index (χ3n) is 3.21. The second-order valence-electron chi connectivity index (χ2n) is 4.50. The molecule has 2 heterocycles. The van der Waals surface area contributed by atoms with E-state index in [0.29, 0.717) is 11.0 Å². The quantitative estimate of drug-likeness (QED) is 0.908. The van der Waals surface area contributed by atoms with Crippen molar-refractivity contribution in [3.05, 3.63) is 15.0 Å². The molecular formula is C11H16BrN3OS. The van der Waals surface area contributed by atoms with Crippen LogP contribution in [0.15, 0.2) is 9.98 Å². The maximum atomic E-state index is 11.9. The summed E-state index contributed by atoms with van der Waals surface area (Å²) in [6.45, 7) is 3.23. The number of amides is 1. The van der Waals surface area contributed by atoms with E-state index < -0.39 is 0 Å². The Morgan fingerprint density at radius 3 is 3.06 bits per heavy atom. The molecule has 1 aromatic heterocycles. The van der Waals surface area contributed by atoms with Crippen molar-refractivity contribution < 1.29 is 4.79 Å². The highest BCUT2D eigenvalue weighted by molar-refractivity contribution is 9.10. The number of carbonyl (C=O) groups is 1. The second kappa shape index (κ2) is 5.46. The zero-order valence-electron chi connectivity index (χ0n) is 9.94. The Labute approximate surface area is 114 Å². The van der Waals surface area contributed by atoms with Crippen LogP contribution in [0.2, 0.25) is 0 Å². The Hall–Kier alpha value is -0.460. The van der Waals surface area contributed by atoms with Crippen LogP contribution >= 0.6 is 27.3 Å². The van der Waals surface area contributed by atoms with Gasteiger partial charge in [-0.15, -0.1) is 11.3 Å². The number of nitrogens with one attached hydrogen (secondary N) is 1. The topological polar surface area (TPSA) is 45.2 Å². The van der Waals surface area contributed by atoms with E-state index in [1.807, 2.05) is 5.38 Å². The number of hydrogen-bond acceptors (Lipinski definition) is 4. The van der Waals surface area contributed by atoms with Gasteiger partial charge in [0, 0.05) is 24.0 Å². The number of aromatic nitrogens is 1. The summed E-state index contributed by atoms with van der Waals surface area (Å²) in [6.07, 6.45) is 2.02. The van der Waals surface area contributed by atoms with Gasteiger partial charge in [0.2, 0.25) is 0 Å². The molecule has 6 heteroatoms. The average molecular weight is 318 g/mol. The number of rotatable bonds is 2.